The summed E-state index contributed by atoms with van der Waals surface area (Å²) in [6.45, 7) is 6.47. The molecule has 0 bridgehead atoms. The Labute approximate surface area is 170 Å². The van der Waals surface area contributed by atoms with Crippen LogP contribution in [-0.4, -0.2) is 51.0 Å². The molecular formula is C21H26N8. The van der Waals surface area contributed by atoms with E-state index < -0.39 is 0 Å². The van der Waals surface area contributed by atoms with Gasteiger partial charge in [-0.05, 0) is 36.2 Å². The average Bonchev–Trinajstić information content (AvgIpc) is 2.75. The van der Waals surface area contributed by atoms with Gasteiger partial charge in [0.25, 0.3) is 0 Å². The van der Waals surface area contributed by atoms with Crippen LogP contribution in [0.3, 0.4) is 0 Å². The van der Waals surface area contributed by atoms with E-state index in [0.29, 0.717) is 18.3 Å². The molecule has 1 aromatic carbocycles. The third-order valence-electron chi connectivity index (χ3n) is 5.03. The van der Waals surface area contributed by atoms with Gasteiger partial charge in [-0.3, -0.25) is 4.90 Å². The van der Waals surface area contributed by atoms with Crippen molar-refractivity contribution in [1.82, 2.24) is 24.8 Å². The summed E-state index contributed by atoms with van der Waals surface area (Å²) < 4.78 is 0. The maximum Gasteiger partial charge on any atom is 0.232 e. The Morgan fingerprint density at radius 1 is 0.966 bits per heavy atom. The predicted molar refractivity (Wildman–Crippen MR) is 115 cm³/mol. The van der Waals surface area contributed by atoms with E-state index >= 15 is 0 Å². The number of hydrogen-bond acceptors (Lipinski definition) is 8. The van der Waals surface area contributed by atoms with Gasteiger partial charge >= 0.3 is 0 Å². The highest BCUT2D eigenvalue weighted by atomic mass is 15.3. The molecular weight excluding hydrogens is 364 g/mol. The van der Waals surface area contributed by atoms with Crippen molar-refractivity contribution in [1.29, 1.82) is 0 Å². The molecule has 8 nitrogen and oxygen atoms in total. The molecule has 3 heterocycles. The number of aryl methyl sites for hydroxylation is 1. The van der Waals surface area contributed by atoms with E-state index in [2.05, 4.69) is 54.1 Å². The quantitative estimate of drug-likeness (QED) is 0.663. The standard InChI is InChI=1S/C21H26N8/c1-2-16-6-8-17(9-7-16)24-21-26-18(25-20(22)27-21)15-28-11-13-29(14-12-28)19-5-3-4-10-23-19/h3-10H,2,11-15H2,1H3,(H3,22,24,25,26,27). The lowest BCUT2D eigenvalue weighted by molar-refractivity contribution is 0.243. The third-order valence-corrected chi connectivity index (χ3v) is 5.03. The second-order valence-electron chi connectivity index (χ2n) is 7.06. The first-order valence-electron chi connectivity index (χ1n) is 9.94. The molecule has 0 spiro atoms. The zero-order valence-electron chi connectivity index (χ0n) is 16.6. The second kappa shape index (κ2) is 8.83. The van der Waals surface area contributed by atoms with E-state index in [1.807, 2.05) is 36.5 Å². The first-order valence-corrected chi connectivity index (χ1v) is 9.94. The molecule has 0 amide bonds. The fourth-order valence-corrected chi connectivity index (χ4v) is 3.39. The molecule has 8 heteroatoms. The van der Waals surface area contributed by atoms with E-state index in [9.17, 15) is 0 Å². The SMILES string of the molecule is CCc1ccc(Nc2nc(N)nc(CN3CCN(c4ccccn4)CC3)n2)cc1. The average molecular weight is 390 g/mol. The number of aromatic nitrogens is 4. The van der Waals surface area contributed by atoms with E-state index in [0.717, 1.165) is 44.1 Å². The van der Waals surface area contributed by atoms with Gasteiger partial charge in [0.05, 0.1) is 6.54 Å². The molecule has 0 unspecified atom stereocenters. The van der Waals surface area contributed by atoms with Crippen LogP contribution in [0.25, 0.3) is 0 Å². The highest BCUT2D eigenvalue weighted by Crippen LogP contribution is 2.17. The zero-order valence-corrected chi connectivity index (χ0v) is 16.6. The van der Waals surface area contributed by atoms with Crippen LogP contribution in [0.1, 0.15) is 18.3 Å². The number of piperazine rings is 1. The highest BCUT2D eigenvalue weighted by Gasteiger charge is 2.19. The van der Waals surface area contributed by atoms with Gasteiger partial charge in [-0.25, -0.2) is 4.98 Å². The summed E-state index contributed by atoms with van der Waals surface area (Å²) in [4.78, 5) is 22.2. The Bertz CT molecular complexity index is 921. The largest absolute Gasteiger partial charge is 0.368 e. The van der Waals surface area contributed by atoms with Gasteiger partial charge in [0, 0.05) is 38.1 Å². The van der Waals surface area contributed by atoms with E-state index in [-0.39, 0.29) is 5.95 Å². The lowest BCUT2D eigenvalue weighted by Gasteiger charge is -2.34. The van der Waals surface area contributed by atoms with Crippen LogP contribution in [0.15, 0.2) is 48.7 Å². The Morgan fingerprint density at radius 2 is 1.76 bits per heavy atom. The summed E-state index contributed by atoms with van der Waals surface area (Å²) in [5.41, 5.74) is 8.15. The summed E-state index contributed by atoms with van der Waals surface area (Å²) in [6.07, 6.45) is 2.84. The summed E-state index contributed by atoms with van der Waals surface area (Å²) >= 11 is 0. The molecule has 2 aromatic heterocycles. The first kappa shape index (κ1) is 19.1. The number of nitrogen functional groups attached to an aromatic ring is 1. The topological polar surface area (TPSA) is 96.1 Å². The fourth-order valence-electron chi connectivity index (χ4n) is 3.39. The summed E-state index contributed by atoms with van der Waals surface area (Å²) in [5.74, 6) is 2.41. The van der Waals surface area contributed by atoms with Crippen LogP contribution in [0.4, 0.5) is 23.4 Å². The molecule has 29 heavy (non-hydrogen) atoms. The minimum atomic E-state index is 0.231. The molecule has 0 saturated carbocycles. The normalized spacial score (nSPS) is 14.7. The maximum atomic E-state index is 5.92. The van der Waals surface area contributed by atoms with Crippen molar-refractivity contribution in [3.63, 3.8) is 0 Å². The monoisotopic (exact) mass is 390 g/mol. The Kier molecular flexibility index (Phi) is 5.81. The second-order valence-corrected chi connectivity index (χ2v) is 7.06. The number of nitrogens with one attached hydrogen (secondary N) is 1. The molecule has 1 saturated heterocycles. The van der Waals surface area contributed by atoms with Crippen molar-refractivity contribution < 1.29 is 0 Å². The summed E-state index contributed by atoms with van der Waals surface area (Å²) in [7, 11) is 0. The van der Waals surface area contributed by atoms with Crippen molar-refractivity contribution in [2.45, 2.75) is 19.9 Å². The van der Waals surface area contributed by atoms with E-state index in [1.54, 1.807) is 0 Å². The van der Waals surface area contributed by atoms with E-state index in [4.69, 9.17) is 5.73 Å². The van der Waals surface area contributed by atoms with Gasteiger partial charge in [-0.1, -0.05) is 25.1 Å². The van der Waals surface area contributed by atoms with Gasteiger partial charge in [0.15, 0.2) is 0 Å². The molecule has 1 fully saturated rings. The predicted octanol–water partition coefficient (Wildman–Crippen LogP) is 2.48. The minimum absolute atomic E-state index is 0.231. The van der Waals surface area contributed by atoms with Crippen molar-refractivity contribution in [3.05, 3.63) is 60.0 Å². The molecule has 4 rings (SSSR count). The van der Waals surface area contributed by atoms with Gasteiger partial charge in [-0.2, -0.15) is 15.0 Å². The fraction of sp³-hybridized carbons (Fsp3) is 0.333. The molecule has 1 aliphatic heterocycles. The van der Waals surface area contributed by atoms with Gasteiger partial charge < -0.3 is 16.0 Å². The van der Waals surface area contributed by atoms with Gasteiger partial charge in [0.1, 0.15) is 11.6 Å². The van der Waals surface area contributed by atoms with Crippen LogP contribution in [0.2, 0.25) is 0 Å². The molecule has 0 radical (unpaired) electrons. The Balaban J connectivity index is 1.38. The number of hydrogen-bond donors (Lipinski definition) is 2. The smallest absolute Gasteiger partial charge is 0.232 e. The van der Waals surface area contributed by atoms with Crippen LogP contribution in [-0.2, 0) is 13.0 Å². The van der Waals surface area contributed by atoms with Crippen molar-refractivity contribution in [3.8, 4) is 0 Å². The molecule has 3 aromatic rings. The highest BCUT2D eigenvalue weighted by molar-refractivity contribution is 5.54. The van der Waals surface area contributed by atoms with Gasteiger partial charge in [-0.15, -0.1) is 0 Å². The van der Waals surface area contributed by atoms with Crippen LogP contribution >= 0.6 is 0 Å². The summed E-state index contributed by atoms with van der Waals surface area (Å²) in [6, 6.07) is 14.2. The maximum absolute atomic E-state index is 5.92. The molecule has 150 valence electrons. The minimum Gasteiger partial charge on any atom is -0.368 e. The van der Waals surface area contributed by atoms with E-state index in [1.165, 1.54) is 5.56 Å². The lowest BCUT2D eigenvalue weighted by Crippen LogP contribution is -2.46. The van der Waals surface area contributed by atoms with Crippen molar-refractivity contribution in [2.75, 3.05) is 42.1 Å². The van der Waals surface area contributed by atoms with Crippen LogP contribution in [0, 0.1) is 0 Å². The lowest BCUT2D eigenvalue weighted by atomic mass is 10.1. The molecule has 0 atom stereocenters. The molecule has 0 aliphatic carbocycles. The number of rotatable bonds is 6. The number of nitrogens with two attached hydrogens (primary N) is 1. The van der Waals surface area contributed by atoms with Crippen LogP contribution in [0.5, 0.6) is 0 Å². The number of pyridine rings is 1. The van der Waals surface area contributed by atoms with Gasteiger partial charge in [0.2, 0.25) is 11.9 Å². The summed E-state index contributed by atoms with van der Waals surface area (Å²) in [5, 5.41) is 3.23. The Morgan fingerprint density at radius 3 is 2.45 bits per heavy atom. The zero-order chi connectivity index (χ0) is 20.1. The first-order chi connectivity index (χ1) is 14.2. The molecule has 1 aliphatic rings. The van der Waals surface area contributed by atoms with Crippen molar-refractivity contribution in [2.24, 2.45) is 0 Å². The number of anilines is 4. The van der Waals surface area contributed by atoms with Crippen LogP contribution < -0.4 is 16.0 Å². The Hall–Kier alpha value is -3.26. The third kappa shape index (κ3) is 4.97. The number of nitrogens with zero attached hydrogens (tertiary/aromatic N) is 6. The molecule has 3 N–H and O–H groups in total. The van der Waals surface area contributed by atoms with Crippen molar-refractivity contribution >= 4 is 23.4 Å². The number of benzene rings is 1.